The molecule has 0 unspecified atom stereocenters. The van der Waals surface area contributed by atoms with Gasteiger partial charge in [0.1, 0.15) is 11.1 Å². The molecule has 9 nitrogen and oxygen atoms in total. The normalized spacial score (nSPS) is 18.0. The molecule has 0 radical (unpaired) electrons. The number of carbonyl (C=O) groups is 3. The molecule has 1 aromatic rings. The summed E-state index contributed by atoms with van der Waals surface area (Å²) in [5.41, 5.74) is -0.448. The Morgan fingerprint density at radius 3 is 2.47 bits per heavy atom. The number of nitrogens with one attached hydrogen (secondary N) is 1. The second-order valence-electron chi connectivity index (χ2n) is 8.36. The lowest BCUT2D eigenvalue weighted by molar-refractivity contribution is -0.147. The monoisotopic (exact) mass is 465 g/mol. The van der Waals surface area contributed by atoms with Gasteiger partial charge in [-0.25, -0.2) is 4.79 Å². The second-order valence-corrected chi connectivity index (χ2v) is 9.39. The zero-order valence-corrected chi connectivity index (χ0v) is 19.8. The van der Waals surface area contributed by atoms with Crippen LogP contribution in [0, 0.1) is 5.41 Å². The molecule has 0 aromatic heterocycles. The number of hydrogen-bond donors (Lipinski definition) is 2. The molecule has 1 aliphatic rings. The Hall–Kier alpha value is -2.59. The maximum atomic E-state index is 13.1. The van der Waals surface area contributed by atoms with E-state index >= 15 is 0 Å². The van der Waals surface area contributed by atoms with E-state index in [1.54, 1.807) is 13.8 Å². The SMILES string of the molecule is CCOC(=O)[C@H](CCc1ccccc1)N[C@@H](C)C(=O)N1N=C(C(C)(C)C)S[C@@H]1OC(=O)O. The highest BCUT2D eigenvalue weighted by Gasteiger charge is 2.41. The predicted molar refractivity (Wildman–Crippen MR) is 122 cm³/mol. The van der Waals surface area contributed by atoms with Crippen LogP contribution in [-0.2, 0) is 25.5 Å². The fourth-order valence-electron chi connectivity index (χ4n) is 2.99. The molecule has 0 saturated carbocycles. The molecular weight excluding hydrogens is 434 g/mol. The van der Waals surface area contributed by atoms with Crippen molar-refractivity contribution in [1.29, 1.82) is 0 Å². The maximum absolute atomic E-state index is 13.1. The third-order valence-corrected chi connectivity index (χ3v) is 6.05. The van der Waals surface area contributed by atoms with Crippen molar-refractivity contribution in [2.24, 2.45) is 10.5 Å². The molecule has 2 rings (SSSR count). The number of carboxylic acid groups (broad SMARTS) is 1. The molecule has 32 heavy (non-hydrogen) atoms. The zero-order chi connectivity index (χ0) is 23.9. The van der Waals surface area contributed by atoms with Crippen molar-refractivity contribution in [2.45, 2.75) is 65.1 Å². The van der Waals surface area contributed by atoms with Gasteiger partial charge in [-0.2, -0.15) is 10.1 Å². The molecule has 3 atom stereocenters. The molecule has 0 fully saturated rings. The van der Waals surface area contributed by atoms with Gasteiger partial charge < -0.3 is 14.6 Å². The standard InChI is InChI=1S/C22H31N3O6S/c1-6-30-18(27)16(13-12-15-10-8-7-9-11-15)23-14(2)17(26)25-20(31-21(28)29)32-19(24-25)22(3,4)5/h7-11,14,16,20,23H,6,12-13H2,1-5H3,(H,28,29)/t14-,16-,20-/m0/s1. The number of hydrogen-bond acceptors (Lipinski definition) is 8. The number of benzene rings is 1. The first kappa shape index (κ1) is 25.7. The first-order valence-corrected chi connectivity index (χ1v) is 11.4. The van der Waals surface area contributed by atoms with E-state index in [1.165, 1.54) is 0 Å². The summed E-state index contributed by atoms with van der Waals surface area (Å²) in [4.78, 5) is 36.7. The molecular formula is C22H31N3O6S. The predicted octanol–water partition coefficient (Wildman–Crippen LogP) is 3.44. The Morgan fingerprint density at radius 2 is 1.91 bits per heavy atom. The first-order chi connectivity index (χ1) is 15.0. The van der Waals surface area contributed by atoms with Crippen molar-refractivity contribution in [1.82, 2.24) is 10.3 Å². The lowest BCUT2D eigenvalue weighted by Crippen LogP contribution is -2.51. The van der Waals surface area contributed by atoms with Gasteiger partial charge in [-0.3, -0.25) is 14.9 Å². The van der Waals surface area contributed by atoms with E-state index in [4.69, 9.17) is 14.6 Å². The second kappa shape index (κ2) is 11.3. The molecule has 1 heterocycles. The molecule has 1 aliphatic heterocycles. The minimum Gasteiger partial charge on any atom is -0.465 e. The summed E-state index contributed by atoms with van der Waals surface area (Å²) in [6.07, 6.45) is -0.450. The highest BCUT2D eigenvalue weighted by molar-refractivity contribution is 8.14. The molecule has 0 spiro atoms. The summed E-state index contributed by atoms with van der Waals surface area (Å²) >= 11 is 1.07. The summed E-state index contributed by atoms with van der Waals surface area (Å²) in [6.45, 7) is 9.27. The van der Waals surface area contributed by atoms with Gasteiger partial charge in [-0.05, 0) is 44.0 Å². The van der Waals surface area contributed by atoms with Crippen molar-refractivity contribution in [2.75, 3.05) is 6.61 Å². The number of esters is 1. The number of thioether (sulfide) groups is 1. The average molecular weight is 466 g/mol. The first-order valence-electron chi connectivity index (χ1n) is 10.5. The summed E-state index contributed by atoms with van der Waals surface area (Å²) < 4.78 is 10.0. The summed E-state index contributed by atoms with van der Waals surface area (Å²) in [7, 11) is 0. The number of hydrazone groups is 1. The number of aryl methyl sites for hydroxylation is 1. The van der Waals surface area contributed by atoms with E-state index in [-0.39, 0.29) is 12.0 Å². The molecule has 176 valence electrons. The molecule has 2 N–H and O–H groups in total. The van der Waals surface area contributed by atoms with Crippen molar-refractivity contribution in [3.63, 3.8) is 0 Å². The largest absolute Gasteiger partial charge is 0.508 e. The summed E-state index contributed by atoms with van der Waals surface area (Å²) in [5, 5.41) is 18.0. The van der Waals surface area contributed by atoms with Crippen LogP contribution in [0.25, 0.3) is 0 Å². The summed E-state index contributed by atoms with van der Waals surface area (Å²) in [5.74, 6) is -0.951. The Balaban J connectivity index is 2.14. The van der Waals surface area contributed by atoms with E-state index in [2.05, 4.69) is 10.4 Å². The number of carbonyl (C=O) groups excluding carboxylic acids is 2. The maximum Gasteiger partial charge on any atom is 0.508 e. The Bertz CT molecular complexity index is 840. The van der Waals surface area contributed by atoms with E-state index in [0.29, 0.717) is 17.9 Å². The van der Waals surface area contributed by atoms with Crippen molar-refractivity contribution in [3.8, 4) is 0 Å². The quantitative estimate of drug-likeness (QED) is 0.533. The van der Waals surface area contributed by atoms with Crippen LogP contribution in [-0.4, -0.2) is 57.4 Å². The van der Waals surface area contributed by atoms with E-state index in [0.717, 1.165) is 22.3 Å². The van der Waals surface area contributed by atoms with Gasteiger partial charge >= 0.3 is 12.1 Å². The molecule has 10 heteroatoms. The van der Waals surface area contributed by atoms with Crippen LogP contribution in [0.5, 0.6) is 0 Å². The van der Waals surface area contributed by atoms with E-state index in [9.17, 15) is 14.4 Å². The smallest absolute Gasteiger partial charge is 0.465 e. The fourth-order valence-corrected chi connectivity index (χ4v) is 4.05. The number of amides is 1. The Labute approximate surface area is 192 Å². The van der Waals surface area contributed by atoms with Gasteiger partial charge in [0.2, 0.25) is 0 Å². The number of ether oxygens (including phenoxy) is 2. The van der Waals surface area contributed by atoms with Crippen LogP contribution in [0.15, 0.2) is 35.4 Å². The minimum atomic E-state index is -1.50. The van der Waals surface area contributed by atoms with Gasteiger partial charge in [0.05, 0.1) is 12.6 Å². The minimum absolute atomic E-state index is 0.223. The van der Waals surface area contributed by atoms with Crippen LogP contribution < -0.4 is 5.32 Å². The van der Waals surface area contributed by atoms with Gasteiger partial charge in [0.25, 0.3) is 11.5 Å². The number of nitrogens with zero attached hydrogens (tertiary/aromatic N) is 2. The zero-order valence-electron chi connectivity index (χ0n) is 19.0. The molecule has 0 aliphatic carbocycles. The third-order valence-electron chi connectivity index (χ3n) is 4.64. The van der Waals surface area contributed by atoms with Crippen LogP contribution in [0.2, 0.25) is 0 Å². The number of rotatable bonds is 9. The molecule has 1 amide bonds. The summed E-state index contributed by atoms with van der Waals surface area (Å²) in [6, 6.07) is 8.16. The van der Waals surface area contributed by atoms with Gasteiger partial charge in [0.15, 0.2) is 0 Å². The van der Waals surface area contributed by atoms with Crippen LogP contribution in [0.3, 0.4) is 0 Å². The van der Waals surface area contributed by atoms with Crippen LogP contribution in [0.1, 0.15) is 46.6 Å². The highest BCUT2D eigenvalue weighted by atomic mass is 32.2. The third kappa shape index (κ3) is 7.23. The Kier molecular flexibility index (Phi) is 9.09. The van der Waals surface area contributed by atoms with E-state index in [1.807, 2.05) is 51.1 Å². The van der Waals surface area contributed by atoms with Gasteiger partial charge in [-0.15, -0.1) is 0 Å². The van der Waals surface area contributed by atoms with E-state index < -0.39 is 35.7 Å². The van der Waals surface area contributed by atoms with Crippen LogP contribution >= 0.6 is 11.8 Å². The van der Waals surface area contributed by atoms with Gasteiger partial charge in [-0.1, -0.05) is 51.1 Å². The Morgan fingerprint density at radius 1 is 1.25 bits per heavy atom. The van der Waals surface area contributed by atoms with Gasteiger partial charge in [0, 0.05) is 5.41 Å². The topological polar surface area (TPSA) is 118 Å². The molecule has 0 bridgehead atoms. The lowest BCUT2D eigenvalue weighted by Gasteiger charge is -2.25. The highest BCUT2D eigenvalue weighted by Crippen LogP contribution is 2.36. The molecule has 0 saturated heterocycles. The lowest BCUT2D eigenvalue weighted by atomic mass is 9.99. The van der Waals surface area contributed by atoms with Crippen molar-refractivity contribution in [3.05, 3.63) is 35.9 Å². The van der Waals surface area contributed by atoms with Crippen LogP contribution in [0.4, 0.5) is 4.79 Å². The fraction of sp³-hybridized carbons (Fsp3) is 0.545. The van der Waals surface area contributed by atoms with Crippen molar-refractivity contribution >= 4 is 34.8 Å². The molecule has 1 aromatic carbocycles. The van der Waals surface area contributed by atoms with Crippen molar-refractivity contribution < 1.29 is 29.0 Å². The average Bonchev–Trinajstić information content (AvgIpc) is 3.14.